The zero-order valence-electron chi connectivity index (χ0n) is 15.1. The van der Waals surface area contributed by atoms with Gasteiger partial charge in [-0.15, -0.1) is 0 Å². The van der Waals surface area contributed by atoms with E-state index in [1.807, 2.05) is 67.6 Å². The molecule has 0 spiro atoms. The second kappa shape index (κ2) is 9.61. The minimum atomic E-state index is -0.945. The van der Waals surface area contributed by atoms with Crippen LogP contribution in [0.1, 0.15) is 31.9 Å². The highest BCUT2D eigenvalue weighted by Crippen LogP contribution is 2.23. The van der Waals surface area contributed by atoms with E-state index < -0.39 is 17.9 Å². The van der Waals surface area contributed by atoms with Gasteiger partial charge < -0.3 is 15.2 Å². The van der Waals surface area contributed by atoms with Crippen molar-refractivity contribution in [2.45, 2.75) is 26.3 Å². The molecule has 0 saturated carbocycles. The van der Waals surface area contributed by atoms with Gasteiger partial charge in [0, 0.05) is 5.92 Å². The van der Waals surface area contributed by atoms with Crippen LogP contribution in [0.4, 0.5) is 0 Å². The first kappa shape index (κ1) is 19.5. The van der Waals surface area contributed by atoms with Crippen molar-refractivity contribution < 1.29 is 19.4 Å². The van der Waals surface area contributed by atoms with E-state index in [4.69, 9.17) is 4.74 Å². The highest BCUT2D eigenvalue weighted by Gasteiger charge is 2.28. The summed E-state index contributed by atoms with van der Waals surface area (Å²) in [5.41, 5.74) is 0.781. The van der Waals surface area contributed by atoms with E-state index in [9.17, 15) is 14.7 Å². The molecule has 138 valence electrons. The Morgan fingerprint density at radius 2 is 1.58 bits per heavy atom. The molecule has 0 aliphatic rings. The van der Waals surface area contributed by atoms with Gasteiger partial charge in [0.2, 0.25) is 5.91 Å². The number of carbonyl (C=O) groups excluding carboxylic acids is 1. The quantitative estimate of drug-likeness (QED) is 0.720. The summed E-state index contributed by atoms with van der Waals surface area (Å²) in [6.07, 6.45) is 0.545. The molecule has 5 heteroatoms. The molecule has 2 aromatic carbocycles. The topological polar surface area (TPSA) is 75.6 Å². The smallest absolute Gasteiger partial charge is 0.308 e. The number of nitrogens with one attached hydrogen (secondary N) is 1. The molecular formula is C21H25NO4. The Morgan fingerprint density at radius 1 is 1.00 bits per heavy atom. The number of hydrogen-bond acceptors (Lipinski definition) is 3. The summed E-state index contributed by atoms with van der Waals surface area (Å²) in [6.45, 7) is 3.84. The summed E-state index contributed by atoms with van der Waals surface area (Å²) in [5, 5.41) is 12.2. The van der Waals surface area contributed by atoms with Crippen LogP contribution in [-0.2, 0) is 9.59 Å². The van der Waals surface area contributed by atoms with Crippen molar-refractivity contribution in [1.29, 1.82) is 0 Å². The van der Waals surface area contributed by atoms with Gasteiger partial charge in [0.05, 0.1) is 18.6 Å². The van der Waals surface area contributed by atoms with Gasteiger partial charge in [-0.05, 0) is 31.0 Å². The number of amides is 1. The second-order valence-corrected chi connectivity index (χ2v) is 6.38. The molecule has 0 heterocycles. The number of hydrogen-bond donors (Lipinski definition) is 2. The Kier molecular flexibility index (Phi) is 7.21. The molecule has 5 nitrogen and oxygen atoms in total. The molecule has 0 bridgehead atoms. The Hall–Kier alpha value is -2.82. The maximum atomic E-state index is 12.5. The van der Waals surface area contributed by atoms with Gasteiger partial charge in [-0.2, -0.15) is 0 Å². The third kappa shape index (κ3) is 5.62. The molecule has 2 N–H and O–H groups in total. The Labute approximate surface area is 154 Å². The number of para-hydroxylation sites is 1. The van der Waals surface area contributed by atoms with Gasteiger partial charge >= 0.3 is 5.97 Å². The van der Waals surface area contributed by atoms with Gasteiger partial charge in [-0.25, -0.2) is 0 Å². The molecule has 0 saturated heterocycles. The lowest BCUT2D eigenvalue weighted by Gasteiger charge is -2.24. The molecule has 0 aliphatic heterocycles. The maximum Gasteiger partial charge on any atom is 0.308 e. The third-order valence-corrected chi connectivity index (χ3v) is 4.36. The normalized spacial score (nSPS) is 14.1. The molecule has 26 heavy (non-hydrogen) atoms. The average Bonchev–Trinajstić information content (AvgIpc) is 2.66. The van der Waals surface area contributed by atoms with E-state index in [0.717, 1.165) is 11.3 Å². The molecule has 0 aliphatic carbocycles. The first-order valence-corrected chi connectivity index (χ1v) is 8.75. The standard InChI is InChI=1S/C21H25NO4/c1-15(13-14-26-18-11-7-4-8-12-18)20(23)22-19(16(2)21(24)25)17-9-5-3-6-10-17/h3-12,15-16,19H,13-14H2,1-2H3,(H,22,23)(H,24,25). The van der Waals surface area contributed by atoms with Gasteiger partial charge in [0.1, 0.15) is 5.75 Å². The van der Waals surface area contributed by atoms with E-state index in [0.29, 0.717) is 13.0 Å². The van der Waals surface area contributed by atoms with Crippen LogP contribution in [0.25, 0.3) is 0 Å². The molecule has 2 aromatic rings. The van der Waals surface area contributed by atoms with Crippen molar-refractivity contribution >= 4 is 11.9 Å². The minimum Gasteiger partial charge on any atom is -0.494 e. The summed E-state index contributed by atoms with van der Waals surface area (Å²) in [5.74, 6) is -1.37. The van der Waals surface area contributed by atoms with E-state index >= 15 is 0 Å². The van der Waals surface area contributed by atoms with Gasteiger partial charge in [0.25, 0.3) is 0 Å². The first-order valence-electron chi connectivity index (χ1n) is 8.75. The van der Waals surface area contributed by atoms with Crippen LogP contribution < -0.4 is 10.1 Å². The van der Waals surface area contributed by atoms with Crippen LogP contribution in [0.3, 0.4) is 0 Å². The fourth-order valence-corrected chi connectivity index (χ4v) is 2.60. The van der Waals surface area contributed by atoms with Crippen molar-refractivity contribution in [3.8, 4) is 5.75 Å². The zero-order chi connectivity index (χ0) is 18.9. The number of rotatable bonds is 9. The summed E-state index contributed by atoms with van der Waals surface area (Å²) in [7, 11) is 0. The van der Waals surface area contributed by atoms with Crippen LogP contribution in [-0.4, -0.2) is 23.6 Å². The molecule has 0 fully saturated rings. The fourth-order valence-electron chi connectivity index (χ4n) is 2.60. The predicted molar refractivity (Wildman–Crippen MR) is 99.8 cm³/mol. The minimum absolute atomic E-state index is 0.177. The van der Waals surface area contributed by atoms with Crippen LogP contribution in [0.15, 0.2) is 60.7 Å². The number of carboxylic acids is 1. The molecule has 0 aromatic heterocycles. The van der Waals surface area contributed by atoms with Crippen molar-refractivity contribution in [3.63, 3.8) is 0 Å². The summed E-state index contributed by atoms with van der Waals surface area (Å²) in [6, 6.07) is 18.0. The third-order valence-electron chi connectivity index (χ3n) is 4.36. The van der Waals surface area contributed by atoms with E-state index in [1.165, 1.54) is 0 Å². The SMILES string of the molecule is CC(CCOc1ccccc1)C(=O)NC(c1ccccc1)C(C)C(=O)O. The van der Waals surface area contributed by atoms with Gasteiger partial charge in [-0.3, -0.25) is 9.59 Å². The monoisotopic (exact) mass is 355 g/mol. The lowest BCUT2D eigenvalue weighted by atomic mass is 9.93. The summed E-state index contributed by atoms with van der Waals surface area (Å²) < 4.78 is 5.63. The Bertz CT molecular complexity index is 702. The predicted octanol–water partition coefficient (Wildman–Crippen LogP) is 3.67. The molecule has 3 unspecified atom stereocenters. The highest BCUT2D eigenvalue weighted by atomic mass is 16.5. The van der Waals surface area contributed by atoms with Crippen LogP contribution in [0.5, 0.6) is 5.75 Å². The number of carbonyl (C=O) groups is 2. The zero-order valence-corrected chi connectivity index (χ0v) is 15.1. The fraction of sp³-hybridized carbons (Fsp3) is 0.333. The lowest BCUT2D eigenvalue weighted by Crippen LogP contribution is -2.38. The number of aliphatic carboxylic acids is 1. The van der Waals surface area contributed by atoms with Crippen LogP contribution in [0, 0.1) is 11.8 Å². The highest BCUT2D eigenvalue weighted by molar-refractivity contribution is 5.80. The lowest BCUT2D eigenvalue weighted by molar-refractivity contribution is -0.142. The largest absolute Gasteiger partial charge is 0.494 e. The van der Waals surface area contributed by atoms with Crippen molar-refractivity contribution in [1.82, 2.24) is 5.32 Å². The van der Waals surface area contributed by atoms with Crippen LogP contribution >= 0.6 is 0 Å². The van der Waals surface area contributed by atoms with Gasteiger partial charge in [0.15, 0.2) is 0 Å². The van der Waals surface area contributed by atoms with Crippen molar-refractivity contribution in [2.75, 3.05) is 6.61 Å². The van der Waals surface area contributed by atoms with Crippen molar-refractivity contribution in [2.24, 2.45) is 11.8 Å². The molecule has 2 rings (SSSR count). The van der Waals surface area contributed by atoms with Gasteiger partial charge in [-0.1, -0.05) is 55.5 Å². The Balaban J connectivity index is 1.94. The number of carboxylic acid groups (broad SMARTS) is 1. The molecular weight excluding hydrogens is 330 g/mol. The first-order chi connectivity index (χ1) is 12.5. The summed E-state index contributed by atoms with van der Waals surface area (Å²) in [4.78, 5) is 24.0. The van der Waals surface area contributed by atoms with E-state index in [2.05, 4.69) is 5.32 Å². The average molecular weight is 355 g/mol. The molecule has 3 atom stereocenters. The van der Waals surface area contributed by atoms with Crippen molar-refractivity contribution in [3.05, 3.63) is 66.2 Å². The van der Waals surface area contributed by atoms with Crippen LogP contribution in [0.2, 0.25) is 0 Å². The second-order valence-electron chi connectivity index (χ2n) is 6.38. The number of ether oxygens (including phenoxy) is 1. The maximum absolute atomic E-state index is 12.5. The Morgan fingerprint density at radius 3 is 2.15 bits per heavy atom. The molecule has 1 amide bonds. The molecule has 0 radical (unpaired) electrons. The van der Waals surface area contributed by atoms with E-state index in [1.54, 1.807) is 6.92 Å². The summed E-state index contributed by atoms with van der Waals surface area (Å²) >= 11 is 0. The van der Waals surface area contributed by atoms with E-state index in [-0.39, 0.29) is 11.8 Å². The number of benzene rings is 2.